The standard InChI is InChI=1S/C9H14F2N2O3S2/c10-8(11)6-16-4-3-13-18(14,15)9-2-1-7(5-12)17-9/h1-2,8,13H,3-6,12H2. The number of alkyl halides is 2. The highest BCUT2D eigenvalue weighted by Crippen LogP contribution is 2.20. The minimum absolute atomic E-state index is 0.0507. The Morgan fingerprint density at radius 3 is 2.72 bits per heavy atom. The predicted octanol–water partition coefficient (Wildman–Crippen LogP) is 0.767. The van der Waals surface area contributed by atoms with Gasteiger partial charge in [-0.3, -0.25) is 0 Å². The van der Waals surface area contributed by atoms with Crippen molar-refractivity contribution in [2.75, 3.05) is 19.8 Å². The lowest BCUT2D eigenvalue weighted by molar-refractivity contribution is 0.0199. The van der Waals surface area contributed by atoms with Crippen LogP contribution in [0.2, 0.25) is 0 Å². The summed E-state index contributed by atoms with van der Waals surface area (Å²) >= 11 is 1.07. The lowest BCUT2D eigenvalue weighted by Gasteiger charge is -2.05. The molecular formula is C9H14F2N2O3S2. The lowest BCUT2D eigenvalue weighted by Crippen LogP contribution is -2.27. The molecule has 1 aromatic rings. The van der Waals surface area contributed by atoms with Crippen LogP contribution in [0.3, 0.4) is 0 Å². The molecular weight excluding hydrogens is 286 g/mol. The Labute approximate surface area is 108 Å². The Hall–Kier alpha value is -0.610. The van der Waals surface area contributed by atoms with Gasteiger partial charge in [0.15, 0.2) is 0 Å². The summed E-state index contributed by atoms with van der Waals surface area (Å²) < 4.78 is 53.9. The normalized spacial score (nSPS) is 12.2. The molecule has 0 fully saturated rings. The summed E-state index contributed by atoms with van der Waals surface area (Å²) in [5.74, 6) is 0. The van der Waals surface area contributed by atoms with E-state index in [1.807, 2.05) is 0 Å². The maximum absolute atomic E-state index is 11.7. The van der Waals surface area contributed by atoms with Crippen LogP contribution in [0.25, 0.3) is 0 Å². The molecule has 18 heavy (non-hydrogen) atoms. The molecule has 0 spiro atoms. The minimum Gasteiger partial charge on any atom is -0.374 e. The Bertz CT molecular complexity index is 462. The van der Waals surface area contributed by atoms with Crippen molar-refractivity contribution in [3.8, 4) is 0 Å². The number of hydrogen-bond acceptors (Lipinski definition) is 5. The first-order valence-corrected chi connectivity index (χ1v) is 7.40. The predicted molar refractivity (Wildman–Crippen MR) is 64.2 cm³/mol. The molecule has 0 aliphatic heterocycles. The third-order valence-electron chi connectivity index (χ3n) is 1.89. The SMILES string of the molecule is NCc1ccc(S(=O)(=O)NCCOCC(F)F)s1. The van der Waals surface area contributed by atoms with Crippen molar-refractivity contribution >= 4 is 21.4 Å². The van der Waals surface area contributed by atoms with Crippen LogP contribution in [0.1, 0.15) is 4.88 Å². The monoisotopic (exact) mass is 300 g/mol. The molecule has 0 saturated heterocycles. The van der Waals surface area contributed by atoms with Gasteiger partial charge in [0.2, 0.25) is 10.0 Å². The zero-order chi connectivity index (χ0) is 13.6. The van der Waals surface area contributed by atoms with Crippen LogP contribution in [0, 0.1) is 0 Å². The Morgan fingerprint density at radius 1 is 1.44 bits per heavy atom. The largest absolute Gasteiger partial charge is 0.374 e. The maximum atomic E-state index is 11.7. The number of hydrogen-bond donors (Lipinski definition) is 2. The van der Waals surface area contributed by atoms with E-state index in [0.717, 1.165) is 16.2 Å². The van der Waals surface area contributed by atoms with Crippen molar-refractivity contribution in [3.63, 3.8) is 0 Å². The van der Waals surface area contributed by atoms with Gasteiger partial charge in [-0.25, -0.2) is 21.9 Å². The highest BCUT2D eigenvalue weighted by atomic mass is 32.2. The molecule has 0 radical (unpaired) electrons. The third kappa shape index (κ3) is 4.94. The van der Waals surface area contributed by atoms with Gasteiger partial charge in [0.05, 0.1) is 6.61 Å². The molecule has 0 aliphatic rings. The van der Waals surface area contributed by atoms with Crippen LogP contribution in [-0.2, 0) is 21.3 Å². The number of thiophene rings is 1. The first-order chi connectivity index (χ1) is 8.45. The molecule has 0 unspecified atom stereocenters. The summed E-state index contributed by atoms with van der Waals surface area (Å²) in [6, 6.07) is 3.09. The van der Waals surface area contributed by atoms with E-state index in [-0.39, 0.29) is 23.9 Å². The van der Waals surface area contributed by atoms with Gasteiger partial charge in [-0.15, -0.1) is 11.3 Å². The van der Waals surface area contributed by atoms with Crippen LogP contribution in [-0.4, -0.2) is 34.6 Å². The summed E-state index contributed by atoms with van der Waals surface area (Å²) in [7, 11) is -3.60. The van der Waals surface area contributed by atoms with Gasteiger partial charge in [-0.2, -0.15) is 0 Å². The quantitative estimate of drug-likeness (QED) is 0.695. The molecule has 5 nitrogen and oxygen atoms in total. The summed E-state index contributed by atoms with van der Waals surface area (Å²) in [6.45, 7) is -0.570. The van der Waals surface area contributed by atoms with Crippen molar-refractivity contribution in [1.29, 1.82) is 0 Å². The molecule has 0 aliphatic carbocycles. The Kier molecular flexibility index (Phi) is 6.09. The van der Waals surface area contributed by atoms with E-state index in [1.54, 1.807) is 6.07 Å². The molecule has 0 amide bonds. The van der Waals surface area contributed by atoms with E-state index < -0.39 is 23.1 Å². The first-order valence-electron chi connectivity index (χ1n) is 5.10. The highest BCUT2D eigenvalue weighted by molar-refractivity contribution is 7.91. The fourth-order valence-electron chi connectivity index (χ4n) is 1.10. The molecule has 0 atom stereocenters. The molecule has 1 rings (SSSR count). The highest BCUT2D eigenvalue weighted by Gasteiger charge is 2.15. The second-order valence-corrected chi connectivity index (χ2v) is 6.45. The van der Waals surface area contributed by atoms with E-state index in [2.05, 4.69) is 9.46 Å². The summed E-state index contributed by atoms with van der Waals surface area (Å²) in [5, 5.41) is 0. The fraction of sp³-hybridized carbons (Fsp3) is 0.556. The molecule has 1 heterocycles. The first kappa shape index (κ1) is 15.4. The van der Waals surface area contributed by atoms with Gasteiger partial charge in [0.1, 0.15) is 10.8 Å². The minimum atomic E-state index is -3.60. The Balaban J connectivity index is 2.40. The lowest BCUT2D eigenvalue weighted by atomic mass is 10.5. The number of ether oxygens (including phenoxy) is 1. The number of nitrogens with one attached hydrogen (secondary N) is 1. The van der Waals surface area contributed by atoms with E-state index >= 15 is 0 Å². The molecule has 1 aromatic heterocycles. The van der Waals surface area contributed by atoms with E-state index in [9.17, 15) is 17.2 Å². The van der Waals surface area contributed by atoms with Crippen molar-refractivity contribution in [2.24, 2.45) is 5.73 Å². The molecule has 104 valence electrons. The van der Waals surface area contributed by atoms with E-state index in [0.29, 0.717) is 0 Å². The average molecular weight is 300 g/mol. The van der Waals surface area contributed by atoms with Crippen molar-refractivity contribution in [3.05, 3.63) is 17.0 Å². The van der Waals surface area contributed by atoms with Crippen molar-refractivity contribution < 1.29 is 21.9 Å². The summed E-state index contributed by atoms with van der Waals surface area (Å²) in [5.41, 5.74) is 5.38. The molecule has 3 N–H and O–H groups in total. The van der Waals surface area contributed by atoms with Crippen LogP contribution in [0.4, 0.5) is 8.78 Å². The number of sulfonamides is 1. The van der Waals surface area contributed by atoms with Gasteiger partial charge >= 0.3 is 0 Å². The van der Waals surface area contributed by atoms with Crippen LogP contribution in [0.15, 0.2) is 16.3 Å². The maximum Gasteiger partial charge on any atom is 0.261 e. The second-order valence-electron chi connectivity index (χ2n) is 3.29. The van der Waals surface area contributed by atoms with Gasteiger partial charge in [-0.1, -0.05) is 0 Å². The number of halogens is 2. The molecule has 0 bridgehead atoms. The molecule has 0 saturated carbocycles. The third-order valence-corrected chi connectivity index (χ3v) is 4.95. The summed E-state index contributed by atoms with van der Waals surface area (Å²) in [4.78, 5) is 0.754. The molecule has 0 aromatic carbocycles. The smallest absolute Gasteiger partial charge is 0.261 e. The Morgan fingerprint density at radius 2 is 2.17 bits per heavy atom. The van der Waals surface area contributed by atoms with E-state index in [4.69, 9.17) is 5.73 Å². The molecule has 9 heteroatoms. The number of rotatable bonds is 8. The second kappa shape index (κ2) is 7.10. The zero-order valence-electron chi connectivity index (χ0n) is 9.43. The zero-order valence-corrected chi connectivity index (χ0v) is 11.1. The topological polar surface area (TPSA) is 81.4 Å². The van der Waals surface area contributed by atoms with Gasteiger partial charge in [0.25, 0.3) is 6.43 Å². The summed E-state index contributed by atoms with van der Waals surface area (Å²) in [6.07, 6.45) is -2.55. The van der Waals surface area contributed by atoms with Crippen molar-refractivity contribution in [1.82, 2.24) is 4.72 Å². The number of nitrogens with two attached hydrogens (primary N) is 1. The van der Waals surface area contributed by atoms with Crippen LogP contribution < -0.4 is 10.5 Å². The van der Waals surface area contributed by atoms with Crippen molar-refractivity contribution in [2.45, 2.75) is 17.2 Å². The van der Waals surface area contributed by atoms with Crippen LogP contribution >= 0.6 is 11.3 Å². The van der Waals surface area contributed by atoms with Gasteiger partial charge < -0.3 is 10.5 Å². The van der Waals surface area contributed by atoms with Gasteiger partial charge in [-0.05, 0) is 12.1 Å². The van der Waals surface area contributed by atoms with Gasteiger partial charge in [0, 0.05) is 18.0 Å². The van der Waals surface area contributed by atoms with E-state index in [1.165, 1.54) is 6.07 Å². The van der Waals surface area contributed by atoms with Crippen LogP contribution in [0.5, 0.6) is 0 Å². The fourth-order valence-corrected chi connectivity index (χ4v) is 3.40. The average Bonchev–Trinajstić information content (AvgIpc) is 2.77.